The van der Waals surface area contributed by atoms with Gasteiger partial charge in [-0.15, -0.1) is 0 Å². The molecule has 0 radical (unpaired) electrons. The molecule has 232 valence electrons. The number of hydrogen-bond acceptors (Lipinski definition) is 7. The number of benzene rings is 1. The van der Waals surface area contributed by atoms with Gasteiger partial charge >= 0.3 is 5.97 Å². The van der Waals surface area contributed by atoms with Crippen molar-refractivity contribution >= 4 is 34.1 Å². The Bertz CT molecular complexity index is 1290. The number of nitrogens with zero attached hydrogens (tertiary/aromatic N) is 1. The van der Waals surface area contributed by atoms with Crippen molar-refractivity contribution in [2.45, 2.75) is 94.5 Å². The number of carbonyl (C=O) groups excluding carboxylic acids is 3. The summed E-state index contributed by atoms with van der Waals surface area (Å²) in [6.07, 6.45) is 6.13. The number of unbranched alkanes of at least 4 members (excludes halogenated alkanes) is 1. The van der Waals surface area contributed by atoms with Gasteiger partial charge in [-0.25, -0.2) is 4.98 Å². The molecule has 8 heteroatoms. The number of rotatable bonds is 10. The molecule has 0 saturated carbocycles. The maximum absolute atomic E-state index is 12.3. The monoisotopic (exact) mass is 581 g/mol. The average Bonchev–Trinajstić information content (AvgIpc) is 2.99. The summed E-state index contributed by atoms with van der Waals surface area (Å²) in [5, 5.41) is 13.8. The van der Waals surface area contributed by atoms with Crippen molar-refractivity contribution in [1.82, 2.24) is 10.3 Å². The summed E-state index contributed by atoms with van der Waals surface area (Å²) in [6, 6.07) is 4.97. The van der Waals surface area contributed by atoms with Gasteiger partial charge in [0.25, 0.3) is 0 Å². The molecule has 3 rings (SSSR count). The number of carbonyl (C=O) groups is 3. The number of ketones is 1. The van der Waals surface area contributed by atoms with Crippen LogP contribution in [-0.4, -0.2) is 40.9 Å². The van der Waals surface area contributed by atoms with E-state index in [9.17, 15) is 19.5 Å². The van der Waals surface area contributed by atoms with Crippen LogP contribution in [0.1, 0.15) is 98.4 Å². The number of nitrogens with one attached hydrogen (secondary N) is 1. The molecule has 1 aliphatic heterocycles. The van der Waals surface area contributed by atoms with Gasteiger partial charge in [-0.1, -0.05) is 66.9 Å². The topological polar surface area (TPSA) is 132 Å². The van der Waals surface area contributed by atoms with E-state index in [0.29, 0.717) is 29.0 Å². The highest BCUT2D eigenvalue weighted by atomic mass is 16.5. The van der Waals surface area contributed by atoms with Crippen LogP contribution in [0.15, 0.2) is 35.4 Å². The van der Waals surface area contributed by atoms with E-state index in [1.165, 1.54) is 19.8 Å². The Balaban J connectivity index is 0.00000135. The number of aromatic nitrogens is 1. The van der Waals surface area contributed by atoms with Gasteiger partial charge in [0.1, 0.15) is 12.4 Å². The Labute approximate surface area is 251 Å². The van der Waals surface area contributed by atoms with Gasteiger partial charge in [0, 0.05) is 17.5 Å². The lowest BCUT2D eigenvalue weighted by Gasteiger charge is -2.24. The lowest BCUT2D eigenvalue weighted by molar-refractivity contribution is -0.147. The highest BCUT2D eigenvalue weighted by Gasteiger charge is 2.29. The van der Waals surface area contributed by atoms with E-state index in [-0.39, 0.29) is 43.1 Å². The van der Waals surface area contributed by atoms with Crippen LogP contribution in [0, 0.1) is 11.8 Å². The molecule has 1 aliphatic rings. The van der Waals surface area contributed by atoms with Gasteiger partial charge in [-0.05, 0) is 73.6 Å². The number of allylic oxidation sites excluding steroid dienone is 2. The average molecular weight is 582 g/mol. The number of aromatic hydroxyl groups is 1. The van der Waals surface area contributed by atoms with E-state index in [0.717, 1.165) is 34.2 Å². The van der Waals surface area contributed by atoms with Gasteiger partial charge in [0.15, 0.2) is 5.78 Å². The Morgan fingerprint density at radius 1 is 1.17 bits per heavy atom. The lowest BCUT2D eigenvalue weighted by Crippen LogP contribution is -2.30. The summed E-state index contributed by atoms with van der Waals surface area (Å²) in [7, 11) is 0. The SMILES string of the molecule is CC.CCC(C)Cc1c(/C(C)=C/C2=C(C(C)=O)COC(=O)C2C)nc2ccc(O)cc2c1CNC(=O)CN.CCCC. The van der Waals surface area contributed by atoms with Crippen molar-refractivity contribution in [3.05, 3.63) is 52.2 Å². The predicted octanol–water partition coefficient (Wildman–Crippen LogP) is 6.42. The highest BCUT2D eigenvalue weighted by Crippen LogP contribution is 2.34. The van der Waals surface area contributed by atoms with Crippen molar-refractivity contribution in [3.8, 4) is 5.75 Å². The minimum Gasteiger partial charge on any atom is -0.508 e. The van der Waals surface area contributed by atoms with Crippen molar-refractivity contribution in [2.24, 2.45) is 17.6 Å². The molecule has 1 aromatic heterocycles. The molecule has 2 heterocycles. The second-order valence-corrected chi connectivity index (χ2v) is 10.5. The quantitative estimate of drug-likeness (QED) is 0.276. The maximum atomic E-state index is 12.3. The Morgan fingerprint density at radius 2 is 1.81 bits per heavy atom. The minimum absolute atomic E-state index is 0.0435. The van der Waals surface area contributed by atoms with Crippen molar-refractivity contribution in [1.29, 1.82) is 0 Å². The largest absolute Gasteiger partial charge is 0.508 e. The van der Waals surface area contributed by atoms with E-state index in [2.05, 4.69) is 33.0 Å². The predicted molar refractivity (Wildman–Crippen MR) is 171 cm³/mol. The third-order valence-corrected chi connectivity index (χ3v) is 7.28. The third kappa shape index (κ3) is 9.79. The number of phenols is 1. The lowest BCUT2D eigenvalue weighted by atomic mass is 9.86. The van der Waals surface area contributed by atoms with E-state index in [1.54, 1.807) is 25.1 Å². The summed E-state index contributed by atoms with van der Waals surface area (Å²) >= 11 is 0. The molecule has 0 bridgehead atoms. The standard InChI is InChI=1S/C28H35N3O5.C4H10.C2H6/c1-6-15(2)9-22-23(13-30-26(34)12-29)21-11-19(33)7-8-25(21)31-27(22)16(3)10-20-17(4)28(35)36-14-24(20)18(5)32;1-3-4-2;1-2/h7-8,10-11,15,17,33H,6,9,12-14,29H2,1-5H3,(H,30,34);3-4H2,1-2H3;1-2H3/b16-10+;;. The number of Topliss-reactive ketones (excluding diaryl/α,β-unsaturated/α-hetero) is 1. The number of nitrogens with two attached hydrogens (primary N) is 1. The molecule has 2 atom stereocenters. The molecule has 0 fully saturated rings. The zero-order valence-electron chi connectivity index (χ0n) is 27.0. The molecule has 8 nitrogen and oxygen atoms in total. The molecule has 1 aromatic carbocycles. The molecule has 42 heavy (non-hydrogen) atoms. The molecule has 1 amide bonds. The summed E-state index contributed by atoms with van der Waals surface area (Å²) < 4.78 is 5.19. The fourth-order valence-corrected chi connectivity index (χ4v) is 4.42. The first-order valence-electron chi connectivity index (χ1n) is 15.2. The van der Waals surface area contributed by atoms with Crippen molar-refractivity contribution in [2.75, 3.05) is 13.2 Å². The number of fused-ring (bicyclic) bond motifs is 1. The van der Waals surface area contributed by atoms with Crippen LogP contribution in [-0.2, 0) is 32.1 Å². The minimum atomic E-state index is -0.577. The zero-order valence-corrected chi connectivity index (χ0v) is 27.0. The summed E-state index contributed by atoms with van der Waals surface area (Å²) in [4.78, 5) is 41.6. The molecular weight excluding hydrogens is 530 g/mol. The maximum Gasteiger partial charge on any atom is 0.313 e. The van der Waals surface area contributed by atoms with E-state index in [4.69, 9.17) is 15.5 Å². The third-order valence-electron chi connectivity index (χ3n) is 7.28. The fraction of sp³-hybridized carbons (Fsp3) is 0.529. The van der Waals surface area contributed by atoms with Crippen LogP contribution in [0.25, 0.3) is 16.5 Å². The molecule has 0 spiro atoms. The molecule has 0 saturated heterocycles. The number of phenolic OH excluding ortho intramolecular Hbond substituents is 1. The molecule has 0 aliphatic carbocycles. The number of pyridine rings is 1. The Hall–Kier alpha value is -3.52. The van der Waals surface area contributed by atoms with Crippen LogP contribution >= 0.6 is 0 Å². The number of amides is 1. The van der Waals surface area contributed by atoms with Gasteiger partial charge in [0.2, 0.25) is 5.91 Å². The van der Waals surface area contributed by atoms with Crippen LogP contribution in [0.2, 0.25) is 0 Å². The van der Waals surface area contributed by atoms with Gasteiger partial charge < -0.3 is 20.9 Å². The number of esters is 1. The van der Waals surface area contributed by atoms with Crippen LogP contribution in [0.3, 0.4) is 0 Å². The van der Waals surface area contributed by atoms with Crippen LogP contribution in [0.4, 0.5) is 0 Å². The molecule has 2 aromatic rings. The molecular formula is C34H51N3O5. The van der Waals surface area contributed by atoms with E-state index < -0.39 is 5.92 Å². The first kappa shape index (κ1) is 36.5. The Morgan fingerprint density at radius 3 is 2.36 bits per heavy atom. The second-order valence-electron chi connectivity index (χ2n) is 10.5. The Kier molecular flexibility index (Phi) is 15.7. The fourth-order valence-electron chi connectivity index (χ4n) is 4.42. The first-order valence-corrected chi connectivity index (χ1v) is 15.2. The van der Waals surface area contributed by atoms with Gasteiger partial charge in [-0.3, -0.25) is 14.4 Å². The summed E-state index contributed by atoms with van der Waals surface area (Å²) in [5.41, 5.74) is 10.6. The van der Waals surface area contributed by atoms with Gasteiger partial charge in [0.05, 0.1) is 23.7 Å². The highest BCUT2D eigenvalue weighted by molar-refractivity contribution is 5.98. The van der Waals surface area contributed by atoms with Crippen LogP contribution < -0.4 is 11.1 Å². The van der Waals surface area contributed by atoms with E-state index >= 15 is 0 Å². The normalized spacial score (nSPS) is 15.6. The van der Waals surface area contributed by atoms with Crippen molar-refractivity contribution < 1.29 is 24.2 Å². The zero-order chi connectivity index (χ0) is 32.0. The smallest absolute Gasteiger partial charge is 0.313 e. The molecule has 2 unspecified atom stereocenters. The van der Waals surface area contributed by atoms with Crippen molar-refractivity contribution in [3.63, 3.8) is 0 Å². The number of cyclic esters (lactones) is 1. The van der Waals surface area contributed by atoms with Crippen LogP contribution in [0.5, 0.6) is 5.75 Å². The second kappa shape index (κ2) is 18.1. The summed E-state index contributed by atoms with van der Waals surface area (Å²) in [5.74, 6) is -0.935. The number of hydrogen-bond donors (Lipinski definition) is 3. The number of ether oxygens (including phenoxy) is 1. The molecule has 4 N–H and O–H groups in total. The van der Waals surface area contributed by atoms with Gasteiger partial charge in [-0.2, -0.15) is 0 Å². The summed E-state index contributed by atoms with van der Waals surface area (Å²) in [6.45, 7) is 17.8. The first-order chi connectivity index (χ1) is 20.0. The van der Waals surface area contributed by atoms with E-state index in [1.807, 2.05) is 26.8 Å².